The third kappa shape index (κ3) is 7.30. The number of aryl methyl sites for hydroxylation is 1. The van der Waals surface area contributed by atoms with E-state index in [4.69, 9.17) is 9.47 Å². The molecule has 12 heteroatoms. The third-order valence-corrected chi connectivity index (χ3v) is 7.60. The Morgan fingerprint density at radius 2 is 1.69 bits per heavy atom. The van der Waals surface area contributed by atoms with Crippen LogP contribution in [0.4, 0.5) is 4.39 Å². The number of carbonyl (C=O) groups is 2. The molecule has 2 amide bonds. The molecule has 2 aromatic carbocycles. The summed E-state index contributed by atoms with van der Waals surface area (Å²) in [7, 11) is 1.50. The molecular weight excluding hydrogens is 543 g/mol. The van der Waals surface area contributed by atoms with Crippen molar-refractivity contribution in [3.05, 3.63) is 69.9 Å². The molecule has 2 aliphatic rings. The summed E-state index contributed by atoms with van der Waals surface area (Å²) in [6.07, 6.45) is 2.46. The van der Waals surface area contributed by atoms with E-state index < -0.39 is 5.56 Å². The van der Waals surface area contributed by atoms with Crippen LogP contribution in [0.1, 0.15) is 30.5 Å². The lowest BCUT2D eigenvalue weighted by atomic mass is 10.1. The van der Waals surface area contributed by atoms with Crippen molar-refractivity contribution in [2.45, 2.75) is 32.3 Å². The van der Waals surface area contributed by atoms with Crippen molar-refractivity contribution in [2.75, 3.05) is 52.9 Å². The van der Waals surface area contributed by atoms with E-state index in [0.717, 1.165) is 25.9 Å². The zero-order chi connectivity index (χ0) is 29.5. The minimum absolute atomic E-state index is 0.0515. The van der Waals surface area contributed by atoms with Gasteiger partial charge in [-0.3, -0.25) is 19.3 Å². The highest BCUT2D eigenvalue weighted by Crippen LogP contribution is 2.31. The number of nitrogens with zero attached hydrogens (tertiary/aromatic N) is 5. The highest BCUT2D eigenvalue weighted by Gasteiger charge is 2.25. The fraction of sp³-hybridized carbons (Fsp3) is 0.433. The van der Waals surface area contributed by atoms with Crippen LogP contribution in [0.15, 0.2) is 47.3 Å². The quantitative estimate of drug-likeness (QED) is 0.389. The minimum atomic E-state index is -0.413. The van der Waals surface area contributed by atoms with Gasteiger partial charge in [0.15, 0.2) is 17.3 Å². The fourth-order valence-electron chi connectivity index (χ4n) is 5.17. The number of H-pyrrole nitrogens is 1. The van der Waals surface area contributed by atoms with Crippen molar-refractivity contribution in [3.63, 3.8) is 0 Å². The number of hydrogen-bond acceptors (Lipinski definition) is 8. The first kappa shape index (κ1) is 29.2. The summed E-state index contributed by atoms with van der Waals surface area (Å²) < 4.78 is 24.7. The molecule has 2 saturated heterocycles. The molecule has 0 aliphatic carbocycles. The van der Waals surface area contributed by atoms with Gasteiger partial charge in [-0.2, -0.15) is 0 Å². The van der Waals surface area contributed by atoms with E-state index >= 15 is 0 Å². The van der Waals surface area contributed by atoms with Gasteiger partial charge in [0.1, 0.15) is 18.1 Å². The molecule has 0 bridgehead atoms. The largest absolute Gasteiger partial charge is 0.493 e. The van der Waals surface area contributed by atoms with Gasteiger partial charge in [-0.15, -0.1) is 10.2 Å². The van der Waals surface area contributed by atoms with Crippen LogP contribution in [-0.4, -0.2) is 94.6 Å². The van der Waals surface area contributed by atoms with Gasteiger partial charge in [0.25, 0.3) is 5.56 Å². The first-order valence-corrected chi connectivity index (χ1v) is 14.2. The second-order valence-corrected chi connectivity index (χ2v) is 10.5. The number of carbonyl (C=O) groups excluding carboxylic acids is 2. The molecule has 5 rings (SSSR count). The van der Waals surface area contributed by atoms with Gasteiger partial charge < -0.3 is 24.3 Å². The van der Waals surface area contributed by atoms with E-state index in [1.165, 1.54) is 19.2 Å². The Labute approximate surface area is 243 Å². The molecule has 42 heavy (non-hydrogen) atoms. The van der Waals surface area contributed by atoms with E-state index in [-0.39, 0.29) is 48.6 Å². The van der Waals surface area contributed by atoms with E-state index in [9.17, 15) is 18.8 Å². The fourth-order valence-corrected chi connectivity index (χ4v) is 5.17. The van der Waals surface area contributed by atoms with Crippen molar-refractivity contribution in [1.82, 2.24) is 29.9 Å². The van der Waals surface area contributed by atoms with Crippen LogP contribution in [-0.2, 0) is 22.6 Å². The normalized spacial score (nSPS) is 15.6. The molecule has 0 unspecified atom stereocenters. The van der Waals surface area contributed by atoms with Crippen LogP contribution >= 0.6 is 0 Å². The van der Waals surface area contributed by atoms with Gasteiger partial charge >= 0.3 is 0 Å². The zero-order valence-corrected chi connectivity index (χ0v) is 23.7. The molecule has 1 aromatic heterocycles. The number of benzene rings is 2. The second kappa shape index (κ2) is 13.6. The SMILES string of the molecule is COc1cc(-c2nnc(CCC(=O)N3CCN(CC(=O)N4CCCC4)CC3)c(=O)[nH]2)ccc1OCc1cccc(F)c1. The number of methoxy groups -OCH3 is 1. The predicted octanol–water partition coefficient (Wildman–Crippen LogP) is 2.26. The first-order chi connectivity index (χ1) is 20.4. The number of ether oxygens (including phenoxy) is 2. The summed E-state index contributed by atoms with van der Waals surface area (Å²) in [4.78, 5) is 46.5. The molecule has 0 atom stereocenters. The van der Waals surface area contributed by atoms with E-state index in [1.54, 1.807) is 35.2 Å². The molecule has 2 aliphatic heterocycles. The number of amides is 2. The molecule has 0 radical (unpaired) electrons. The van der Waals surface area contributed by atoms with Crippen LogP contribution in [0.3, 0.4) is 0 Å². The third-order valence-electron chi connectivity index (χ3n) is 7.60. The summed E-state index contributed by atoms with van der Waals surface area (Å²) in [5.41, 5.74) is 1.02. The molecule has 3 aromatic rings. The lowest BCUT2D eigenvalue weighted by Gasteiger charge is -2.35. The molecule has 2 fully saturated rings. The van der Waals surface area contributed by atoms with Crippen molar-refractivity contribution in [2.24, 2.45) is 0 Å². The zero-order valence-electron chi connectivity index (χ0n) is 23.7. The number of aromatic nitrogens is 3. The predicted molar refractivity (Wildman–Crippen MR) is 153 cm³/mol. The molecular formula is C30H35FN6O5. The molecule has 3 heterocycles. The Hall–Kier alpha value is -4.32. The number of nitrogens with one attached hydrogen (secondary N) is 1. The highest BCUT2D eigenvalue weighted by atomic mass is 19.1. The summed E-state index contributed by atoms with van der Waals surface area (Å²) >= 11 is 0. The van der Waals surface area contributed by atoms with Crippen LogP contribution in [0.25, 0.3) is 11.4 Å². The first-order valence-electron chi connectivity index (χ1n) is 14.2. The van der Waals surface area contributed by atoms with E-state index in [0.29, 0.717) is 55.3 Å². The highest BCUT2D eigenvalue weighted by molar-refractivity contribution is 5.79. The average Bonchev–Trinajstić information content (AvgIpc) is 3.55. The summed E-state index contributed by atoms with van der Waals surface area (Å²) in [6.45, 7) is 4.65. The molecule has 0 saturated carbocycles. The number of aromatic amines is 1. The Morgan fingerprint density at radius 3 is 2.40 bits per heavy atom. The standard InChI is InChI=1S/C30H35FN6O5/c1-41-26-18-22(7-9-25(26)42-20-21-5-4-6-23(31)17-21)29-32-30(40)24(33-34-29)8-10-27(38)37-15-13-35(14-16-37)19-28(39)36-11-2-3-12-36/h4-7,9,17-18H,2-3,8,10-16,19-20H2,1H3,(H,32,34,40). The van der Waals surface area contributed by atoms with Crippen LogP contribution in [0, 0.1) is 5.82 Å². The van der Waals surface area contributed by atoms with Crippen LogP contribution in [0.5, 0.6) is 11.5 Å². The van der Waals surface area contributed by atoms with Crippen LogP contribution < -0.4 is 15.0 Å². The Balaban J connectivity index is 1.12. The molecule has 1 N–H and O–H groups in total. The lowest BCUT2D eigenvalue weighted by Crippen LogP contribution is -2.51. The Morgan fingerprint density at radius 1 is 0.929 bits per heavy atom. The van der Waals surface area contributed by atoms with E-state index in [1.807, 2.05) is 4.90 Å². The molecule has 11 nitrogen and oxygen atoms in total. The monoisotopic (exact) mass is 578 g/mol. The smallest absolute Gasteiger partial charge is 0.273 e. The van der Waals surface area contributed by atoms with Crippen molar-refractivity contribution >= 4 is 11.8 Å². The van der Waals surface area contributed by atoms with Gasteiger partial charge in [-0.25, -0.2) is 4.39 Å². The Kier molecular flexibility index (Phi) is 9.42. The maximum Gasteiger partial charge on any atom is 0.273 e. The minimum Gasteiger partial charge on any atom is -0.493 e. The van der Waals surface area contributed by atoms with Gasteiger partial charge in [-0.05, 0) is 48.7 Å². The molecule has 222 valence electrons. The van der Waals surface area contributed by atoms with Crippen molar-refractivity contribution in [1.29, 1.82) is 0 Å². The second-order valence-electron chi connectivity index (χ2n) is 10.5. The number of piperazine rings is 1. The van der Waals surface area contributed by atoms with Gasteiger partial charge in [-0.1, -0.05) is 12.1 Å². The van der Waals surface area contributed by atoms with Crippen molar-refractivity contribution in [3.8, 4) is 22.9 Å². The molecule has 0 spiro atoms. The summed E-state index contributed by atoms with van der Waals surface area (Å²) in [6, 6.07) is 11.2. The maximum absolute atomic E-state index is 13.4. The maximum atomic E-state index is 13.4. The number of halogens is 1. The van der Waals surface area contributed by atoms with Gasteiger partial charge in [0.2, 0.25) is 11.8 Å². The summed E-state index contributed by atoms with van der Waals surface area (Å²) in [5.74, 6) is 0.900. The Bertz CT molecular complexity index is 1470. The van der Waals surface area contributed by atoms with Gasteiger partial charge in [0, 0.05) is 57.7 Å². The van der Waals surface area contributed by atoms with Crippen LogP contribution in [0.2, 0.25) is 0 Å². The van der Waals surface area contributed by atoms with Gasteiger partial charge in [0.05, 0.1) is 13.7 Å². The number of hydrogen-bond donors (Lipinski definition) is 1. The van der Waals surface area contributed by atoms with E-state index in [2.05, 4.69) is 20.1 Å². The van der Waals surface area contributed by atoms with Crippen molar-refractivity contribution < 1.29 is 23.5 Å². The number of likely N-dealkylation sites (tertiary alicyclic amines) is 1. The average molecular weight is 579 g/mol. The topological polar surface area (TPSA) is 121 Å². The lowest BCUT2D eigenvalue weighted by molar-refractivity contribution is -0.134. The number of rotatable bonds is 10. The summed E-state index contributed by atoms with van der Waals surface area (Å²) in [5, 5.41) is 8.26.